The number of hydrogen-bond acceptors (Lipinski definition) is 4. The first kappa shape index (κ1) is 20.7. The molecule has 3 rings (SSSR count). The highest BCUT2D eigenvalue weighted by Crippen LogP contribution is 2.57. The molecule has 28 heavy (non-hydrogen) atoms. The van der Waals surface area contributed by atoms with Crippen molar-refractivity contribution in [3.63, 3.8) is 0 Å². The smallest absolute Gasteiger partial charge is 0.305 e. The van der Waals surface area contributed by atoms with Gasteiger partial charge in [0, 0.05) is 23.9 Å². The van der Waals surface area contributed by atoms with Crippen LogP contribution in [0.1, 0.15) is 43.7 Å². The number of ether oxygens (including phenoxy) is 1. The van der Waals surface area contributed by atoms with E-state index < -0.39 is 11.9 Å². The van der Waals surface area contributed by atoms with Crippen molar-refractivity contribution in [3.05, 3.63) is 33.3 Å². The molecule has 0 spiro atoms. The largest absolute Gasteiger partial charge is 0.482 e. The standard InChI is InChI=1S/C20H21Cl2NO5/c1-2-20-5-3-12(24)8-13(20)17-11(9-20)7-14(18(21)19(17)22)28-10-15(25)23-6-4-16(26)27/h7-8H,2-6,9-10H2,1H3,(H,23,25)(H,26,27). The van der Waals surface area contributed by atoms with Gasteiger partial charge in [0.05, 0.1) is 11.4 Å². The molecule has 6 nitrogen and oxygen atoms in total. The zero-order chi connectivity index (χ0) is 20.5. The molecule has 8 heteroatoms. The summed E-state index contributed by atoms with van der Waals surface area (Å²) in [6, 6.07) is 1.79. The highest BCUT2D eigenvalue weighted by Gasteiger charge is 2.44. The predicted molar refractivity (Wildman–Crippen MR) is 106 cm³/mol. The van der Waals surface area contributed by atoms with E-state index in [0.29, 0.717) is 17.2 Å². The van der Waals surface area contributed by atoms with Gasteiger partial charge >= 0.3 is 5.97 Å². The molecule has 0 saturated carbocycles. The van der Waals surface area contributed by atoms with Crippen molar-refractivity contribution in [3.8, 4) is 5.75 Å². The minimum absolute atomic E-state index is 0.0252. The van der Waals surface area contributed by atoms with Gasteiger partial charge in [-0.25, -0.2) is 0 Å². The van der Waals surface area contributed by atoms with Crippen LogP contribution in [0.3, 0.4) is 0 Å². The van der Waals surface area contributed by atoms with E-state index >= 15 is 0 Å². The lowest BCUT2D eigenvalue weighted by atomic mass is 9.71. The van der Waals surface area contributed by atoms with Crippen molar-refractivity contribution in [2.24, 2.45) is 5.41 Å². The number of allylic oxidation sites excluding steroid dienone is 2. The van der Waals surface area contributed by atoms with Crippen LogP contribution in [0, 0.1) is 5.41 Å². The molecule has 1 aromatic carbocycles. The predicted octanol–water partition coefficient (Wildman–Crippen LogP) is 3.66. The van der Waals surface area contributed by atoms with Crippen molar-refractivity contribution in [1.29, 1.82) is 0 Å². The molecule has 0 heterocycles. The highest BCUT2D eigenvalue weighted by atomic mass is 35.5. The molecule has 2 aliphatic rings. The maximum absolute atomic E-state index is 12.0. The van der Waals surface area contributed by atoms with Gasteiger partial charge < -0.3 is 15.2 Å². The summed E-state index contributed by atoms with van der Waals surface area (Å²) in [5, 5.41) is 11.6. The Bertz CT molecular complexity index is 880. The monoisotopic (exact) mass is 425 g/mol. The van der Waals surface area contributed by atoms with Crippen LogP contribution in [0.25, 0.3) is 5.57 Å². The van der Waals surface area contributed by atoms with E-state index in [1.54, 1.807) is 12.1 Å². The van der Waals surface area contributed by atoms with Crippen LogP contribution in [0.15, 0.2) is 12.1 Å². The number of nitrogens with one attached hydrogen (secondary N) is 1. The number of rotatable bonds is 7. The van der Waals surface area contributed by atoms with Gasteiger partial charge in [-0.05, 0) is 42.5 Å². The molecule has 0 radical (unpaired) electrons. The molecule has 0 bridgehead atoms. The van der Waals surface area contributed by atoms with Crippen molar-refractivity contribution in [1.82, 2.24) is 5.32 Å². The summed E-state index contributed by atoms with van der Waals surface area (Å²) in [5.41, 5.74) is 2.60. The molecule has 0 fully saturated rings. The lowest BCUT2D eigenvalue weighted by Crippen LogP contribution is -2.30. The fourth-order valence-electron chi connectivity index (χ4n) is 3.95. The third-order valence-electron chi connectivity index (χ3n) is 5.48. The van der Waals surface area contributed by atoms with Crippen LogP contribution in [-0.4, -0.2) is 35.9 Å². The number of aliphatic carboxylic acids is 1. The summed E-state index contributed by atoms with van der Waals surface area (Å²) in [4.78, 5) is 34.3. The Balaban J connectivity index is 1.81. The zero-order valence-electron chi connectivity index (χ0n) is 15.4. The van der Waals surface area contributed by atoms with Gasteiger partial charge in [0.2, 0.25) is 0 Å². The average molecular weight is 426 g/mol. The van der Waals surface area contributed by atoms with E-state index in [2.05, 4.69) is 12.2 Å². The van der Waals surface area contributed by atoms with Gasteiger partial charge in [0.15, 0.2) is 12.4 Å². The summed E-state index contributed by atoms with van der Waals surface area (Å²) < 4.78 is 5.54. The second kappa shape index (κ2) is 8.13. The quantitative estimate of drug-likeness (QED) is 0.694. The van der Waals surface area contributed by atoms with Gasteiger partial charge in [-0.3, -0.25) is 14.4 Å². The van der Waals surface area contributed by atoms with Gasteiger partial charge in [0.1, 0.15) is 10.8 Å². The molecule has 1 amide bonds. The van der Waals surface area contributed by atoms with E-state index in [-0.39, 0.29) is 35.8 Å². The molecule has 150 valence electrons. The Labute approximate surface area is 172 Å². The fraction of sp³-hybridized carbons (Fsp3) is 0.450. The van der Waals surface area contributed by atoms with Crippen molar-refractivity contribution >= 4 is 46.4 Å². The normalized spacial score (nSPS) is 20.2. The number of carbonyl (C=O) groups is 3. The van der Waals surface area contributed by atoms with Crippen molar-refractivity contribution in [2.45, 2.75) is 39.0 Å². The minimum atomic E-state index is -0.992. The second-order valence-corrected chi connectivity index (χ2v) is 7.91. The van der Waals surface area contributed by atoms with Crippen LogP contribution >= 0.6 is 23.2 Å². The Morgan fingerprint density at radius 1 is 1.32 bits per heavy atom. The van der Waals surface area contributed by atoms with E-state index in [1.165, 1.54) is 0 Å². The minimum Gasteiger partial charge on any atom is -0.482 e. The summed E-state index contributed by atoms with van der Waals surface area (Å²) in [7, 11) is 0. The van der Waals surface area contributed by atoms with Crippen molar-refractivity contribution in [2.75, 3.05) is 13.2 Å². The first-order chi connectivity index (χ1) is 13.3. The molecule has 1 unspecified atom stereocenters. The first-order valence-corrected chi connectivity index (χ1v) is 9.90. The number of carboxylic acids is 1. The number of halogens is 2. The van der Waals surface area contributed by atoms with Crippen LogP contribution in [0.4, 0.5) is 0 Å². The maximum atomic E-state index is 12.0. The summed E-state index contributed by atoms with van der Waals surface area (Å²) in [6.45, 7) is 1.83. The fourth-order valence-corrected chi connectivity index (χ4v) is 4.47. The van der Waals surface area contributed by atoms with E-state index in [9.17, 15) is 14.4 Å². The zero-order valence-corrected chi connectivity index (χ0v) is 17.0. The molecular formula is C20H21Cl2NO5. The molecule has 2 N–H and O–H groups in total. The number of fused-ring (bicyclic) bond motifs is 3. The summed E-state index contributed by atoms with van der Waals surface area (Å²) in [6.07, 6.45) is 4.46. The van der Waals surface area contributed by atoms with Crippen LogP contribution in [0.5, 0.6) is 5.75 Å². The first-order valence-electron chi connectivity index (χ1n) is 9.15. The van der Waals surface area contributed by atoms with E-state index in [1.807, 2.05) is 0 Å². The Kier molecular flexibility index (Phi) is 6.01. The number of amides is 1. The topological polar surface area (TPSA) is 92.7 Å². The number of ketones is 1. The number of carbonyl (C=O) groups excluding carboxylic acids is 2. The van der Waals surface area contributed by atoms with E-state index in [4.69, 9.17) is 33.0 Å². The molecule has 1 atom stereocenters. The number of hydrogen-bond donors (Lipinski definition) is 2. The van der Waals surface area contributed by atoms with Crippen LogP contribution in [0.2, 0.25) is 10.0 Å². The third-order valence-corrected chi connectivity index (χ3v) is 6.33. The molecule has 2 aliphatic carbocycles. The maximum Gasteiger partial charge on any atom is 0.305 e. The van der Waals surface area contributed by atoms with E-state index in [0.717, 1.165) is 36.0 Å². The average Bonchev–Trinajstić information content (AvgIpc) is 2.97. The Hall–Kier alpha value is -2.05. The lowest BCUT2D eigenvalue weighted by Gasteiger charge is -2.32. The molecule has 1 aromatic rings. The Morgan fingerprint density at radius 3 is 2.75 bits per heavy atom. The van der Waals surface area contributed by atoms with Crippen molar-refractivity contribution < 1.29 is 24.2 Å². The Morgan fingerprint density at radius 2 is 2.07 bits per heavy atom. The van der Waals surface area contributed by atoms with Gasteiger partial charge in [0.25, 0.3) is 5.91 Å². The van der Waals surface area contributed by atoms with Crippen LogP contribution < -0.4 is 10.1 Å². The summed E-state index contributed by atoms with van der Waals surface area (Å²) >= 11 is 12.9. The molecule has 0 saturated heterocycles. The molecule has 0 aromatic heterocycles. The number of carboxylic acid groups (broad SMARTS) is 1. The molecular weight excluding hydrogens is 405 g/mol. The van der Waals surface area contributed by atoms with Gasteiger partial charge in [-0.15, -0.1) is 0 Å². The van der Waals surface area contributed by atoms with Gasteiger partial charge in [-0.1, -0.05) is 30.1 Å². The SMILES string of the molecule is CCC12CCC(=O)C=C1c1c(cc(OCC(=O)NCCC(=O)O)c(Cl)c1Cl)C2. The highest BCUT2D eigenvalue weighted by molar-refractivity contribution is 6.44. The summed E-state index contributed by atoms with van der Waals surface area (Å²) in [5.74, 6) is -1.04. The lowest BCUT2D eigenvalue weighted by molar-refractivity contribution is -0.137. The number of benzene rings is 1. The third kappa shape index (κ3) is 3.89. The molecule has 0 aliphatic heterocycles. The van der Waals surface area contributed by atoms with Gasteiger partial charge in [-0.2, -0.15) is 0 Å². The van der Waals surface area contributed by atoms with Crippen LogP contribution in [-0.2, 0) is 20.8 Å². The second-order valence-electron chi connectivity index (χ2n) is 7.15.